The average Bonchev–Trinajstić information content (AvgIpc) is 3.59. The third kappa shape index (κ3) is 4.31. The number of hydrogen-bond donors (Lipinski definition) is 5. The highest BCUT2D eigenvalue weighted by atomic mass is 16.7. The number of aromatic amines is 2. The third-order valence-electron chi connectivity index (χ3n) is 6.06. The van der Waals surface area contributed by atoms with Crippen molar-refractivity contribution in [1.82, 2.24) is 25.3 Å². The molecule has 1 amide bonds. The van der Waals surface area contributed by atoms with Crippen LogP contribution in [0.4, 0.5) is 0 Å². The summed E-state index contributed by atoms with van der Waals surface area (Å²) < 4.78 is 10.7. The van der Waals surface area contributed by atoms with Crippen LogP contribution in [0.3, 0.4) is 0 Å². The van der Waals surface area contributed by atoms with Gasteiger partial charge in [0, 0.05) is 12.1 Å². The lowest BCUT2D eigenvalue weighted by molar-refractivity contribution is -0.120. The number of rotatable bonds is 7. The molecule has 1 aliphatic heterocycles. The summed E-state index contributed by atoms with van der Waals surface area (Å²) in [6, 6.07) is 16.9. The number of imidazole rings is 2. The lowest BCUT2D eigenvalue weighted by Crippen LogP contribution is -2.24. The molecule has 3 heterocycles. The molecule has 2 aromatic heterocycles. The Kier molecular flexibility index (Phi) is 5.25. The average molecular weight is 482 g/mol. The van der Waals surface area contributed by atoms with Crippen molar-refractivity contribution >= 4 is 33.8 Å². The highest BCUT2D eigenvalue weighted by molar-refractivity contribution is 5.97. The normalized spacial score (nSPS) is 12.3. The van der Waals surface area contributed by atoms with Crippen molar-refractivity contribution in [3.8, 4) is 11.5 Å². The van der Waals surface area contributed by atoms with Gasteiger partial charge in [0.05, 0.1) is 34.9 Å². The van der Waals surface area contributed by atoms with E-state index >= 15 is 0 Å². The fourth-order valence-corrected chi connectivity index (χ4v) is 4.28. The first-order valence-corrected chi connectivity index (χ1v) is 11.5. The van der Waals surface area contributed by atoms with Gasteiger partial charge in [-0.25, -0.2) is 9.97 Å². The van der Waals surface area contributed by atoms with Crippen LogP contribution >= 0.6 is 0 Å². The van der Waals surface area contributed by atoms with Crippen LogP contribution in [0.1, 0.15) is 28.3 Å². The van der Waals surface area contributed by atoms with Gasteiger partial charge in [-0.1, -0.05) is 12.1 Å². The van der Waals surface area contributed by atoms with Gasteiger partial charge in [0.2, 0.25) is 12.7 Å². The number of amidine groups is 1. The summed E-state index contributed by atoms with van der Waals surface area (Å²) in [7, 11) is 0. The number of carbonyl (C=O) groups is 1. The Morgan fingerprint density at radius 1 is 0.917 bits per heavy atom. The van der Waals surface area contributed by atoms with E-state index in [0.29, 0.717) is 30.0 Å². The predicted molar refractivity (Wildman–Crippen MR) is 134 cm³/mol. The Labute approximate surface area is 205 Å². The van der Waals surface area contributed by atoms with E-state index in [4.69, 9.17) is 20.6 Å². The van der Waals surface area contributed by atoms with Gasteiger partial charge in [-0.05, 0) is 53.6 Å². The third-order valence-corrected chi connectivity index (χ3v) is 6.06. The van der Waals surface area contributed by atoms with Gasteiger partial charge in [-0.15, -0.1) is 0 Å². The lowest BCUT2D eigenvalue weighted by Gasteiger charge is -2.06. The minimum atomic E-state index is -0.0722. The Morgan fingerprint density at radius 3 is 2.39 bits per heavy atom. The zero-order chi connectivity index (χ0) is 24.6. The number of nitrogens with zero attached hydrogens (tertiary/aromatic N) is 2. The number of carbonyl (C=O) groups excluding carboxylic acids is 1. The molecule has 6 rings (SSSR count). The number of nitrogens with two attached hydrogens (primary N) is 1. The smallest absolute Gasteiger partial charge is 0.231 e. The number of benzene rings is 3. The summed E-state index contributed by atoms with van der Waals surface area (Å²) in [5.74, 6) is 2.86. The molecule has 0 bridgehead atoms. The number of fused-ring (bicyclic) bond motifs is 3. The van der Waals surface area contributed by atoms with E-state index in [0.717, 1.165) is 44.8 Å². The highest BCUT2D eigenvalue weighted by Crippen LogP contribution is 2.32. The zero-order valence-electron chi connectivity index (χ0n) is 19.2. The van der Waals surface area contributed by atoms with Crippen molar-refractivity contribution in [2.45, 2.75) is 19.4 Å². The minimum absolute atomic E-state index is 0.0188. The van der Waals surface area contributed by atoms with E-state index in [1.807, 2.05) is 48.5 Å². The maximum absolute atomic E-state index is 12.5. The van der Waals surface area contributed by atoms with Crippen LogP contribution in [0.15, 0.2) is 54.6 Å². The van der Waals surface area contributed by atoms with E-state index in [1.165, 1.54) is 0 Å². The largest absolute Gasteiger partial charge is 0.454 e. The maximum atomic E-state index is 12.5. The molecule has 0 aliphatic carbocycles. The van der Waals surface area contributed by atoms with Crippen LogP contribution in [-0.2, 0) is 24.2 Å². The first-order valence-electron chi connectivity index (χ1n) is 11.5. The quantitative estimate of drug-likeness (QED) is 0.178. The Morgan fingerprint density at radius 2 is 1.61 bits per heavy atom. The monoisotopic (exact) mass is 481 g/mol. The van der Waals surface area contributed by atoms with Gasteiger partial charge in [0.15, 0.2) is 11.5 Å². The van der Waals surface area contributed by atoms with Crippen molar-refractivity contribution in [3.05, 3.63) is 82.9 Å². The molecule has 0 atom stereocenters. The van der Waals surface area contributed by atoms with Crippen molar-refractivity contribution < 1.29 is 14.3 Å². The second kappa shape index (κ2) is 8.73. The van der Waals surface area contributed by atoms with Gasteiger partial charge in [0.25, 0.3) is 0 Å². The molecule has 0 saturated carbocycles. The second-order valence-electron chi connectivity index (χ2n) is 8.68. The van der Waals surface area contributed by atoms with Gasteiger partial charge in [-0.2, -0.15) is 0 Å². The van der Waals surface area contributed by atoms with E-state index in [9.17, 15) is 4.79 Å². The van der Waals surface area contributed by atoms with Crippen molar-refractivity contribution in [1.29, 1.82) is 5.41 Å². The molecular formula is C26H23N7O3. The topological polar surface area (TPSA) is 155 Å². The molecule has 0 unspecified atom stereocenters. The van der Waals surface area contributed by atoms with Crippen LogP contribution in [0.2, 0.25) is 0 Å². The Bertz CT molecular complexity index is 1640. The predicted octanol–water partition coefficient (Wildman–Crippen LogP) is 2.90. The van der Waals surface area contributed by atoms with Crippen LogP contribution in [-0.4, -0.2) is 38.5 Å². The Balaban J connectivity index is 1.11. The summed E-state index contributed by atoms with van der Waals surface area (Å²) in [6.45, 7) is 0.624. The number of ether oxygens (including phenoxy) is 2. The van der Waals surface area contributed by atoms with E-state index in [-0.39, 0.29) is 25.0 Å². The molecule has 180 valence electrons. The number of aromatic nitrogens is 4. The van der Waals surface area contributed by atoms with E-state index in [1.54, 1.807) is 6.07 Å². The zero-order valence-corrected chi connectivity index (χ0v) is 19.2. The lowest BCUT2D eigenvalue weighted by atomic mass is 10.1. The summed E-state index contributed by atoms with van der Waals surface area (Å²) in [5.41, 5.74) is 11.4. The van der Waals surface area contributed by atoms with Gasteiger partial charge in [-0.3, -0.25) is 10.2 Å². The van der Waals surface area contributed by atoms with E-state index in [2.05, 4.69) is 25.3 Å². The fraction of sp³-hybridized carbons (Fsp3) is 0.154. The number of hydrogen-bond acceptors (Lipinski definition) is 6. The van der Waals surface area contributed by atoms with Crippen molar-refractivity contribution in [2.24, 2.45) is 5.73 Å². The first kappa shape index (κ1) is 21.7. The highest BCUT2D eigenvalue weighted by Gasteiger charge is 2.15. The molecule has 36 heavy (non-hydrogen) atoms. The summed E-state index contributed by atoms with van der Waals surface area (Å²) >= 11 is 0. The fourth-order valence-electron chi connectivity index (χ4n) is 4.28. The maximum Gasteiger partial charge on any atom is 0.231 e. The SMILES string of the molecule is N=C(N)c1ccc2nc(Cc3nc4ccc(CNC(=O)Cc5ccc6c(c5)OCO6)cc4[nH]3)[nH]c2c1. The van der Waals surface area contributed by atoms with Gasteiger partial charge >= 0.3 is 0 Å². The van der Waals surface area contributed by atoms with E-state index < -0.39 is 0 Å². The molecular weight excluding hydrogens is 458 g/mol. The van der Waals surface area contributed by atoms with Gasteiger partial charge < -0.3 is 30.5 Å². The van der Waals surface area contributed by atoms with Crippen LogP contribution in [0.5, 0.6) is 11.5 Å². The second-order valence-corrected chi connectivity index (χ2v) is 8.68. The number of amides is 1. The number of H-pyrrole nitrogens is 2. The number of nitrogens with one attached hydrogen (secondary N) is 4. The van der Waals surface area contributed by atoms with Crippen LogP contribution in [0.25, 0.3) is 22.1 Å². The first-order chi connectivity index (χ1) is 17.5. The van der Waals surface area contributed by atoms with Crippen molar-refractivity contribution in [2.75, 3.05) is 6.79 Å². The molecule has 0 radical (unpaired) electrons. The summed E-state index contributed by atoms with van der Waals surface area (Å²) in [4.78, 5) is 28.4. The molecule has 1 aliphatic rings. The summed E-state index contributed by atoms with van der Waals surface area (Å²) in [6.07, 6.45) is 0.763. The number of nitrogen functional groups attached to an aromatic ring is 1. The summed E-state index contributed by atoms with van der Waals surface area (Å²) in [5, 5.41) is 10.6. The molecule has 0 spiro atoms. The van der Waals surface area contributed by atoms with Crippen molar-refractivity contribution in [3.63, 3.8) is 0 Å². The molecule has 5 aromatic rings. The molecule has 3 aromatic carbocycles. The molecule has 6 N–H and O–H groups in total. The standard InChI is InChI=1S/C26H23N7O3/c27-26(28)16-3-5-18-20(10-16)33-24(31-18)11-23-30-17-4-1-15(7-19(17)32-23)12-29-25(34)9-14-2-6-21-22(8-14)36-13-35-21/h1-8,10H,9,11-13H2,(H3,27,28)(H,29,34)(H,30,32)(H,31,33). The minimum Gasteiger partial charge on any atom is -0.454 e. The van der Waals surface area contributed by atoms with Gasteiger partial charge in [0.1, 0.15) is 17.5 Å². The molecule has 10 heteroatoms. The molecule has 10 nitrogen and oxygen atoms in total. The molecule has 0 fully saturated rings. The Hall–Kier alpha value is -4.86. The van der Waals surface area contributed by atoms with Crippen LogP contribution < -0.4 is 20.5 Å². The molecule has 0 saturated heterocycles. The van der Waals surface area contributed by atoms with Crippen LogP contribution in [0, 0.1) is 5.41 Å².